The van der Waals surface area contributed by atoms with E-state index in [1.54, 1.807) is 0 Å². The van der Waals surface area contributed by atoms with Crippen molar-refractivity contribution in [3.63, 3.8) is 0 Å². The van der Waals surface area contributed by atoms with Crippen LogP contribution in [0, 0.1) is 0 Å². The van der Waals surface area contributed by atoms with Crippen LogP contribution in [0.25, 0.3) is 21.5 Å². The highest BCUT2D eigenvalue weighted by Crippen LogP contribution is 2.29. The molecule has 4 unspecified atom stereocenters. The SMILES string of the molecule is CC(Oc1ccc2ccc(OCC3CO3)cc2c1)C(C)Oc1ccc2ccc(OCC3CO3)cc2c1. The van der Waals surface area contributed by atoms with Crippen LogP contribution in [0.3, 0.4) is 0 Å². The van der Waals surface area contributed by atoms with Crippen molar-refractivity contribution in [2.75, 3.05) is 26.4 Å². The summed E-state index contributed by atoms with van der Waals surface area (Å²) in [5.41, 5.74) is 0. The third-order valence-corrected chi connectivity index (χ3v) is 6.55. The molecule has 36 heavy (non-hydrogen) atoms. The van der Waals surface area contributed by atoms with E-state index in [-0.39, 0.29) is 24.4 Å². The molecule has 4 aromatic rings. The predicted molar refractivity (Wildman–Crippen MR) is 139 cm³/mol. The second-order valence-corrected chi connectivity index (χ2v) is 9.52. The first-order chi connectivity index (χ1) is 17.6. The van der Waals surface area contributed by atoms with Gasteiger partial charge in [-0.05, 0) is 83.9 Å². The van der Waals surface area contributed by atoms with Crippen molar-refractivity contribution in [3.8, 4) is 23.0 Å². The number of hydrogen-bond donors (Lipinski definition) is 0. The zero-order chi connectivity index (χ0) is 24.5. The molecule has 0 N–H and O–H groups in total. The monoisotopic (exact) mass is 486 g/mol. The van der Waals surface area contributed by atoms with Crippen molar-refractivity contribution < 1.29 is 28.4 Å². The Morgan fingerprint density at radius 2 is 0.944 bits per heavy atom. The molecule has 0 amide bonds. The quantitative estimate of drug-likeness (QED) is 0.250. The van der Waals surface area contributed by atoms with Gasteiger partial charge in [-0.25, -0.2) is 0 Å². The molecule has 6 rings (SSSR count). The lowest BCUT2D eigenvalue weighted by Gasteiger charge is -2.23. The van der Waals surface area contributed by atoms with Crippen LogP contribution in [-0.4, -0.2) is 50.8 Å². The molecular formula is C30H30O6. The van der Waals surface area contributed by atoms with Crippen molar-refractivity contribution in [1.29, 1.82) is 0 Å². The Bertz CT molecular complexity index is 1260. The van der Waals surface area contributed by atoms with Crippen molar-refractivity contribution >= 4 is 21.5 Å². The van der Waals surface area contributed by atoms with Gasteiger partial charge in [-0.3, -0.25) is 0 Å². The van der Waals surface area contributed by atoms with Gasteiger partial charge in [-0.15, -0.1) is 0 Å². The first kappa shape index (κ1) is 23.0. The number of fused-ring (bicyclic) bond motifs is 2. The van der Waals surface area contributed by atoms with Crippen LogP contribution in [0.15, 0.2) is 72.8 Å². The van der Waals surface area contributed by atoms with E-state index >= 15 is 0 Å². The van der Waals surface area contributed by atoms with Crippen LogP contribution in [0.5, 0.6) is 23.0 Å². The third-order valence-electron chi connectivity index (χ3n) is 6.55. The molecule has 2 aliphatic heterocycles. The van der Waals surface area contributed by atoms with Crippen LogP contribution < -0.4 is 18.9 Å². The summed E-state index contributed by atoms with van der Waals surface area (Å²) in [4.78, 5) is 0. The van der Waals surface area contributed by atoms with Gasteiger partial charge in [0.05, 0.1) is 13.2 Å². The minimum atomic E-state index is -0.155. The van der Waals surface area contributed by atoms with Gasteiger partial charge in [0.1, 0.15) is 60.6 Å². The average molecular weight is 487 g/mol. The van der Waals surface area contributed by atoms with Crippen LogP contribution in [0.1, 0.15) is 13.8 Å². The van der Waals surface area contributed by atoms with Gasteiger partial charge < -0.3 is 28.4 Å². The summed E-state index contributed by atoms with van der Waals surface area (Å²) in [6.07, 6.45) is 0.159. The smallest absolute Gasteiger partial charge is 0.132 e. The van der Waals surface area contributed by atoms with Crippen molar-refractivity contribution in [2.24, 2.45) is 0 Å². The fraction of sp³-hybridized carbons (Fsp3) is 0.333. The lowest BCUT2D eigenvalue weighted by atomic mass is 10.1. The minimum Gasteiger partial charge on any atom is -0.491 e. The maximum atomic E-state index is 6.25. The van der Waals surface area contributed by atoms with Crippen LogP contribution in [0.4, 0.5) is 0 Å². The number of ether oxygens (including phenoxy) is 6. The largest absolute Gasteiger partial charge is 0.491 e. The summed E-state index contributed by atoms with van der Waals surface area (Å²) in [5, 5.41) is 4.42. The van der Waals surface area contributed by atoms with E-state index in [9.17, 15) is 0 Å². The Labute approximate surface area is 210 Å². The van der Waals surface area contributed by atoms with E-state index in [0.717, 1.165) is 57.8 Å². The Morgan fingerprint density at radius 1 is 0.583 bits per heavy atom. The van der Waals surface area contributed by atoms with Gasteiger partial charge in [0.15, 0.2) is 0 Å². The van der Waals surface area contributed by atoms with Crippen molar-refractivity contribution in [1.82, 2.24) is 0 Å². The fourth-order valence-electron chi connectivity index (χ4n) is 4.06. The summed E-state index contributed by atoms with van der Waals surface area (Å²) < 4.78 is 34.6. The molecule has 6 heteroatoms. The summed E-state index contributed by atoms with van der Waals surface area (Å²) in [7, 11) is 0. The summed E-state index contributed by atoms with van der Waals surface area (Å²) >= 11 is 0. The zero-order valence-corrected chi connectivity index (χ0v) is 20.5. The Balaban J connectivity index is 1.10. The summed E-state index contributed by atoms with van der Waals surface area (Å²) in [6, 6.07) is 24.4. The molecule has 0 spiro atoms. The highest BCUT2D eigenvalue weighted by atomic mass is 16.6. The summed E-state index contributed by atoms with van der Waals surface area (Å²) in [6.45, 7) is 6.80. The second kappa shape index (κ2) is 9.88. The first-order valence-electron chi connectivity index (χ1n) is 12.5. The molecule has 2 saturated heterocycles. The molecule has 0 bridgehead atoms. The van der Waals surface area contributed by atoms with Gasteiger partial charge in [-0.1, -0.05) is 24.3 Å². The Hall–Kier alpha value is -3.48. The normalized spacial score (nSPS) is 20.1. The lowest BCUT2D eigenvalue weighted by Crippen LogP contribution is -2.31. The molecule has 0 aromatic heterocycles. The topological polar surface area (TPSA) is 62.0 Å². The van der Waals surface area contributed by atoms with E-state index in [1.807, 2.05) is 62.4 Å². The lowest BCUT2D eigenvalue weighted by molar-refractivity contribution is 0.0781. The molecule has 4 aromatic carbocycles. The molecule has 186 valence electrons. The molecule has 2 aliphatic rings. The van der Waals surface area contributed by atoms with Crippen molar-refractivity contribution in [3.05, 3.63) is 72.8 Å². The standard InChI is InChI=1S/C30H30O6/c1-19(35-27-9-5-21-3-7-25(11-23(21)13-27)31-15-29-17-33-29)20(2)36-28-10-6-22-4-8-26(12-24(22)14-28)32-16-30-18-34-30/h3-14,19-20,29-30H,15-18H2,1-2H3. The minimum absolute atomic E-state index is 0.155. The van der Waals surface area contributed by atoms with Gasteiger partial charge in [0.25, 0.3) is 0 Å². The number of epoxide rings is 2. The van der Waals surface area contributed by atoms with Crippen molar-refractivity contribution in [2.45, 2.75) is 38.3 Å². The number of hydrogen-bond acceptors (Lipinski definition) is 6. The predicted octanol–water partition coefficient (Wildman–Crippen LogP) is 5.78. The van der Waals surface area contributed by atoms with Gasteiger partial charge in [-0.2, -0.15) is 0 Å². The van der Waals surface area contributed by atoms with Gasteiger partial charge in [0.2, 0.25) is 0 Å². The highest BCUT2D eigenvalue weighted by molar-refractivity contribution is 5.86. The van der Waals surface area contributed by atoms with E-state index in [2.05, 4.69) is 24.3 Å². The van der Waals surface area contributed by atoms with E-state index < -0.39 is 0 Å². The Kier molecular flexibility index (Phi) is 6.30. The van der Waals surface area contributed by atoms with Crippen LogP contribution in [-0.2, 0) is 9.47 Å². The first-order valence-corrected chi connectivity index (χ1v) is 12.5. The highest BCUT2D eigenvalue weighted by Gasteiger charge is 2.24. The fourth-order valence-corrected chi connectivity index (χ4v) is 4.06. The Morgan fingerprint density at radius 3 is 1.33 bits per heavy atom. The van der Waals surface area contributed by atoms with Crippen LogP contribution in [0.2, 0.25) is 0 Å². The molecule has 0 radical (unpaired) electrons. The zero-order valence-electron chi connectivity index (χ0n) is 20.5. The van der Waals surface area contributed by atoms with Crippen LogP contribution >= 0.6 is 0 Å². The summed E-state index contributed by atoms with van der Waals surface area (Å²) in [5.74, 6) is 3.28. The maximum absolute atomic E-state index is 6.25. The maximum Gasteiger partial charge on any atom is 0.132 e. The van der Waals surface area contributed by atoms with Gasteiger partial charge in [0, 0.05) is 0 Å². The van der Waals surface area contributed by atoms with E-state index in [1.165, 1.54) is 0 Å². The number of benzene rings is 4. The third kappa shape index (κ3) is 5.66. The molecule has 2 fully saturated rings. The molecule has 2 heterocycles. The average Bonchev–Trinajstić information content (AvgIpc) is 3.81. The molecular weight excluding hydrogens is 456 g/mol. The molecule has 6 nitrogen and oxygen atoms in total. The van der Waals surface area contributed by atoms with E-state index in [0.29, 0.717) is 13.2 Å². The molecule has 4 atom stereocenters. The van der Waals surface area contributed by atoms with Gasteiger partial charge >= 0.3 is 0 Å². The van der Waals surface area contributed by atoms with E-state index in [4.69, 9.17) is 28.4 Å². The molecule has 0 aliphatic carbocycles. The molecule has 0 saturated carbocycles. The second-order valence-electron chi connectivity index (χ2n) is 9.52. The number of rotatable bonds is 11.